The Hall–Kier alpha value is -1.85. The Bertz CT molecular complexity index is 808. The molecule has 150 valence electrons. The summed E-state index contributed by atoms with van der Waals surface area (Å²) in [4.78, 5) is 2.45. The van der Waals surface area contributed by atoms with E-state index in [9.17, 15) is 13.2 Å². The summed E-state index contributed by atoms with van der Waals surface area (Å²) in [5, 5.41) is 3.43. The summed E-state index contributed by atoms with van der Waals surface area (Å²) >= 11 is 0. The minimum Gasteiger partial charge on any atom is -0.312 e. The summed E-state index contributed by atoms with van der Waals surface area (Å²) in [6, 6.07) is 12.7. The van der Waals surface area contributed by atoms with Crippen molar-refractivity contribution in [3.05, 3.63) is 70.3 Å². The first-order valence-electron chi connectivity index (χ1n) is 10.2. The van der Waals surface area contributed by atoms with E-state index < -0.39 is 11.7 Å². The summed E-state index contributed by atoms with van der Waals surface area (Å²) in [6.45, 7) is 4.95. The Morgan fingerprint density at radius 3 is 2.61 bits per heavy atom. The monoisotopic (exact) mass is 388 g/mol. The molecule has 2 heterocycles. The zero-order chi connectivity index (χ0) is 19.6. The number of piperidine rings is 1. The van der Waals surface area contributed by atoms with Crippen molar-refractivity contribution < 1.29 is 13.2 Å². The van der Waals surface area contributed by atoms with Gasteiger partial charge in [-0.05, 0) is 79.6 Å². The van der Waals surface area contributed by atoms with E-state index in [1.165, 1.54) is 28.8 Å². The predicted molar refractivity (Wildman–Crippen MR) is 105 cm³/mol. The van der Waals surface area contributed by atoms with Crippen LogP contribution in [0.1, 0.15) is 46.6 Å². The molecule has 5 heteroatoms. The van der Waals surface area contributed by atoms with Crippen molar-refractivity contribution in [2.75, 3.05) is 26.2 Å². The van der Waals surface area contributed by atoms with Crippen LogP contribution >= 0.6 is 0 Å². The number of nitrogens with zero attached hydrogens (tertiary/aromatic N) is 1. The van der Waals surface area contributed by atoms with Crippen molar-refractivity contribution in [2.24, 2.45) is 0 Å². The molecule has 0 unspecified atom stereocenters. The third kappa shape index (κ3) is 4.58. The van der Waals surface area contributed by atoms with E-state index in [0.29, 0.717) is 0 Å². The summed E-state index contributed by atoms with van der Waals surface area (Å²) in [5.41, 5.74) is 4.56. The quantitative estimate of drug-likeness (QED) is 0.811. The lowest BCUT2D eigenvalue weighted by Gasteiger charge is -2.32. The van der Waals surface area contributed by atoms with Gasteiger partial charge < -0.3 is 10.2 Å². The second kappa shape index (κ2) is 8.26. The molecule has 0 bridgehead atoms. The van der Waals surface area contributed by atoms with Gasteiger partial charge in [-0.2, -0.15) is 13.2 Å². The van der Waals surface area contributed by atoms with Crippen LogP contribution in [-0.2, 0) is 25.6 Å². The van der Waals surface area contributed by atoms with Gasteiger partial charge in [0, 0.05) is 13.1 Å². The van der Waals surface area contributed by atoms with Gasteiger partial charge >= 0.3 is 6.18 Å². The molecule has 2 aliphatic heterocycles. The zero-order valence-electron chi connectivity index (χ0n) is 16.1. The van der Waals surface area contributed by atoms with Crippen molar-refractivity contribution in [1.29, 1.82) is 0 Å². The van der Waals surface area contributed by atoms with Gasteiger partial charge in [-0.15, -0.1) is 0 Å². The lowest BCUT2D eigenvalue weighted by molar-refractivity contribution is -0.137. The molecule has 28 heavy (non-hydrogen) atoms. The van der Waals surface area contributed by atoms with Crippen LogP contribution in [0.15, 0.2) is 42.5 Å². The van der Waals surface area contributed by atoms with Crippen molar-refractivity contribution in [3.63, 3.8) is 0 Å². The molecule has 0 atom stereocenters. The smallest absolute Gasteiger partial charge is 0.312 e. The molecule has 4 rings (SSSR count). The summed E-state index contributed by atoms with van der Waals surface area (Å²) < 4.78 is 38.9. The second-order valence-electron chi connectivity index (χ2n) is 8.02. The first-order chi connectivity index (χ1) is 13.5. The maximum Gasteiger partial charge on any atom is 0.416 e. The van der Waals surface area contributed by atoms with E-state index in [-0.39, 0.29) is 5.92 Å². The summed E-state index contributed by atoms with van der Waals surface area (Å²) in [7, 11) is 0. The van der Waals surface area contributed by atoms with E-state index in [1.807, 2.05) is 6.07 Å². The fraction of sp³-hybridized carbons (Fsp3) is 0.478. The highest BCUT2D eigenvalue weighted by molar-refractivity contribution is 5.34. The zero-order valence-corrected chi connectivity index (χ0v) is 16.1. The number of benzene rings is 2. The molecule has 1 saturated heterocycles. The van der Waals surface area contributed by atoms with Gasteiger partial charge in [0.1, 0.15) is 0 Å². The number of rotatable bonds is 4. The van der Waals surface area contributed by atoms with E-state index in [0.717, 1.165) is 70.0 Å². The average Bonchev–Trinajstić information content (AvgIpc) is 2.72. The molecule has 0 radical (unpaired) electrons. The molecule has 2 nitrogen and oxygen atoms in total. The molecule has 1 fully saturated rings. The van der Waals surface area contributed by atoms with E-state index in [1.54, 1.807) is 0 Å². The van der Waals surface area contributed by atoms with Crippen LogP contribution in [-0.4, -0.2) is 31.1 Å². The highest BCUT2D eigenvalue weighted by atomic mass is 19.4. The van der Waals surface area contributed by atoms with Gasteiger partial charge in [-0.25, -0.2) is 0 Å². The van der Waals surface area contributed by atoms with Gasteiger partial charge in [0.25, 0.3) is 0 Å². The third-order valence-corrected chi connectivity index (χ3v) is 6.15. The highest BCUT2D eigenvalue weighted by Crippen LogP contribution is 2.34. The number of hydrogen-bond donors (Lipinski definition) is 1. The largest absolute Gasteiger partial charge is 0.416 e. The molecule has 2 aliphatic rings. The minimum absolute atomic E-state index is 0.230. The number of nitrogens with one attached hydrogen (secondary N) is 1. The standard InChI is InChI=1S/C23H27F3N2/c24-23(25,26)22-3-1-2-20(15-22)19-8-12-28(13-9-19)11-7-17-4-5-18-6-10-27-16-21(18)14-17/h1-5,14-15,19,27H,6-13,16H2. The van der Waals surface area contributed by atoms with Crippen LogP contribution in [0.4, 0.5) is 13.2 Å². The molecule has 0 aliphatic carbocycles. The second-order valence-corrected chi connectivity index (χ2v) is 8.02. The molecular formula is C23H27F3N2. The maximum absolute atomic E-state index is 13.0. The molecule has 0 saturated carbocycles. The Morgan fingerprint density at radius 2 is 1.82 bits per heavy atom. The first-order valence-corrected chi connectivity index (χ1v) is 10.2. The molecular weight excluding hydrogens is 361 g/mol. The van der Waals surface area contributed by atoms with Gasteiger partial charge in [0.15, 0.2) is 0 Å². The Balaban J connectivity index is 1.30. The van der Waals surface area contributed by atoms with Gasteiger partial charge in [-0.1, -0.05) is 36.4 Å². The topological polar surface area (TPSA) is 15.3 Å². The lowest BCUT2D eigenvalue weighted by Crippen LogP contribution is -2.34. The Morgan fingerprint density at radius 1 is 1.00 bits per heavy atom. The number of halogens is 3. The summed E-state index contributed by atoms with van der Waals surface area (Å²) in [5.74, 6) is 0.230. The van der Waals surface area contributed by atoms with Gasteiger partial charge in [0.2, 0.25) is 0 Å². The van der Waals surface area contributed by atoms with Crippen molar-refractivity contribution in [3.8, 4) is 0 Å². The fourth-order valence-electron chi connectivity index (χ4n) is 4.44. The number of fused-ring (bicyclic) bond motifs is 1. The molecule has 0 spiro atoms. The van der Waals surface area contributed by atoms with Crippen molar-refractivity contribution >= 4 is 0 Å². The average molecular weight is 388 g/mol. The Kier molecular flexibility index (Phi) is 5.74. The van der Waals surface area contributed by atoms with Crippen LogP contribution < -0.4 is 5.32 Å². The van der Waals surface area contributed by atoms with E-state index in [2.05, 4.69) is 28.4 Å². The van der Waals surface area contributed by atoms with Crippen molar-refractivity contribution in [1.82, 2.24) is 10.2 Å². The molecule has 2 aromatic rings. The number of alkyl halides is 3. The molecule has 0 aromatic heterocycles. The van der Waals surface area contributed by atoms with Crippen LogP contribution in [0.2, 0.25) is 0 Å². The number of likely N-dealkylation sites (tertiary alicyclic amines) is 1. The maximum atomic E-state index is 13.0. The van der Waals surface area contributed by atoms with E-state index in [4.69, 9.17) is 0 Å². The van der Waals surface area contributed by atoms with Crippen molar-refractivity contribution in [2.45, 2.75) is 44.3 Å². The number of hydrogen-bond acceptors (Lipinski definition) is 2. The van der Waals surface area contributed by atoms with Crippen LogP contribution in [0.25, 0.3) is 0 Å². The van der Waals surface area contributed by atoms with Crippen LogP contribution in [0.3, 0.4) is 0 Å². The molecule has 1 N–H and O–H groups in total. The third-order valence-electron chi connectivity index (χ3n) is 6.15. The normalized spacial score (nSPS) is 18.8. The molecule has 2 aromatic carbocycles. The predicted octanol–water partition coefficient (Wildman–Crippen LogP) is 4.77. The van der Waals surface area contributed by atoms with Gasteiger partial charge in [0.05, 0.1) is 5.56 Å². The molecule has 0 amide bonds. The highest BCUT2D eigenvalue weighted by Gasteiger charge is 2.31. The first kappa shape index (κ1) is 19.5. The minimum atomic E-state index is -4.26. The van der Waals surface area contributed by atoms with Crippen LogP contribution in [0.5, 0.6) is 0 Å². The Labute approximate surface area is 164 Å². The SMILES string of the molecule is FC(F)(F)c1cccc(C2CCN(CCc3ccc4c(c3)CNCC4)CC2)c1. The van der Waals surface area contributed by atoms with Crippen LogP contribution in [0, 0.1) is 0 Å². The fourth-order valence-corrected chi connectivity index (χ4v) is 4.44. The summed E-state index contributed by atoms with van der Waals surface area (Å²) in [6.07, 6.45) is -0.272. The lowest BCUT2D eigenvalue weighted by atomic mass is 9.88. The van der Waals surface area contributed by atoms with Gasteiger partial charge in [-0.3, -0.25) is 0 Å². The van der Waals surface area contributed by atoms with E-state index >= 15 is 0 Å².